The zero-order chi connectivity index (χ0) is 19.5. The van der Waals surface area contributed by atoms with Crippen LogP contribution in [0.15, 0.2) is 72.8 Å². The van der Waals surface area contributed by atoms with Crippen LogP contribution in [0.3, 0.4) is 0 Å². The van der Waals surface area contributed by atoms with E-state index in [1.807, 2.05) is 79.7 Å². The fraction of sp³-hybridized carbons (Fsp3) is 0.0909. The van der Waals surface area contributed by atoms with Gasteiger partial charge in [-0.05, 0) is 35.7 Å². The molecule has 6 heteroatoms. The molecular weight excluding hydrogens is 368 g/mol. The molecule has 0 aliphatic rings. The highest BCUT2D eigenvalue weighted by Gasteiger charge is 2.23. The van der Waals surface area contributed by atoms with Crippen LogP contribution in [0.1, 0.15) is 22.6 Å². The highest BCUT2D eigenvalue weighted by atomic mass is 32.1. The van der Waals surface area contributed by atoms with E-state index in [-0.39, 0.29) is 11.8 Å². The van der Waals surface area contributed by atoms with Gasteiger partial charge in [-0.3, -0.25) is 10.2 Å². The molecule has 0 saturated carbocycles. The van der Waals surface area contributed by atoms with Gasteiger partial charge in [0.25, 0.3) is 0 Å². The van der Waals surface area contributed by atoms with Gasteiger partial charge in [0.1, 0.15) is 0 Å². The highest BCUT2D eigenvalue weighted by Crippen LogP contribution is 2.32. The number of carbonyl (C=O) groups is 1. The van der Waals surface area contributed by atoms with E-state index in [4.69, 9.17) is 5.84 Å². The summed E-state index contributed by atoms with van der Waals surface area (Å²) in [6.07, 6.45) is 0. The molecule has 5 nitrogen and oxygen atoms in total. The van der Waals surface area contributed by atoms with Crippen molar-refractivity contribution in [2.45, 2.75) is 12.8 Å². The van der Waals surface area contributed by atoms with Crippen LogP contribution in [-0.4, -0.2) is 10.9 Å². The number of hydrazine groups is 1. The van der Waals surface area contributed by atoms with Crippen LogP contribution in [0.5, 0.6) is 0 Å². The lowest BCUT2D eigenvalue weighted by molar-refractivity contribution is -0.116. The van der Waals surface area contributed by atoms with Gasteiger partial charge < -0.3 is 5.32 Å². The Bertz CT molecular complexity index is 1070. The molecule has 0 aliphatic carbocycles. The molecule has 140 valence electrons. The third-order valence-electron chi connectivity index (χ3n) is 4.60. The monoisotopic (exact) mass is 388 g/mol. The number of fused-ring (bicyclic) bond motifs is 1. The molecular formula is C22H20N4OS. The zero-order valence-electron chi connectivity index (χ0n) is 15.3. The Kier molecular flexibility index (Phi) is 5.06. The Hall–Kier alpha value is -3.22. The molecule has 4 aromatic rings. The molecule has 4 N–H and O–H groups in total. The Balaban J connectivity index is 1.69. The topological polar surface area (TPSA) is 80.0 Å². The van der Waals surface area contributed by atoms with Crippen LogP contribution in [0, 0.1) is 6.92 Å². The Morgan fingerprint density at radius 2 is 1.61 bits per heavy atom. The summed E-state index contributed by atoms with van der Waals surface area (Å²) in [5.74, 6) is 5.02. The van der Waals surface area contributed by atoms with Crippen LogP contribution in [-0.2, 0) is 4.79 Å². The minimum absolute atomic E-state index is 0.0714. The molecule has 0 bridgehead atoms. The number of aryl methyl sites for hydroxylation is 1. The summed E-state index contributed by atoms with van der Waals surface area (Å²) in [6, 6.07) is 23.5. The summed E-state index contributed by atoms with van der Waals surface area (Å²) in [6.45, 7) is 1.98. The van der Waals surface area contributed by atoms with Crippen LogP contribution in [0.2, 0.25) is 0 Å². The second kappa shape index (κ2) is 7.80. The maximum absolute atomic E-state index is 13.3. The molecule has 1 aromatic heterocycles. The van der Waals surface area contributed by atoms with Crippen molar-refractivity contribution in [3.05, 3.63) is 89.5 Å². The Morgan fingerprint density at radius 1 is 1.00 bits per heavy atom. The molecule has 1 heterocycles. The van der Waals surface area contributed by atoms with Crippen LogP contribution in [0.4, 0.5) is 10.8 Å². The summed E-state index contributed by atoms with van der Waals surface area (Å²) < 4.78 is 0.972. The van der Waals surface area contributed by atoms with Crippen LogP contribution < -0.4 is 16.6 Å². The SMILES string of the molecule is Cc1cc(NC(=O)C(c2ccccc2)c2ccccc2)cc2sc(NN)nc12. The van der Waals surface area contributed by atoms with Crippen LogP contribution in [0.25, 0.3) is 10.2 Å². The number of anilines is 2. The first-order valence-corrected chi connectivity index (χ1v) is 9.76. The smallest absolute Gasteiger partial charge is 0.236 e. The average Bonchev–Trinajstić information content (AvgIpc) is 3.14. The molecule has 0 aliphatic heterocycles. The van der Waals surface area contributed by atoms with E-state index in [1.165, 1.54) is 11.3 Å². The minimum Gasteiger partial charge on any atom is -0.325 e. The molecule has 0 fully saturated rings. The normalized spacial score (nSPS) is 11.0. The number of thiazole rings is 1. The Labute approximate surface area is 167 Å². The maximum atomic E-state index is 13.3. The van der Waals surface area contributed by atoms with Crippen molar-refractivity contribution in [2.24, 2.45) is 5.84 Å². The van der Waals surface area contributed by atoms with Crippen molar-refractivity contribution in [3.8, 4) is 0 Å². The van der Waals surface area contributed by atoms with E-state index in [2.05, 4.69) is 15.7 Å². The highest BCUT2D eigenvalue weighted by molar-refractivity contribution is 7.22. The van der Waals surface area contributed by atoms with E-state index in [1.54, 1.807) is 0 Å². The van der Waals surface area contributed by atoms with Crippen molar-refractivity contribution in [1.29, 1.82) is 0 Å². The van der Waals surface area contributed by atoms with Crippen molar-refractivity contribution in [3.63, 3.8) is 0 Å². The van der Waals surface area contributed by atoms with Crippen molar-refractivity contribution < 1.29 is 4.79 Å². The predicted molar refractivity (Wildman–Crippen MR) is 116 cm³/mol. The number of rotatable bonds is 5. The number of benzene rings is 3. The molecule has 0 radical (unpaired) electrons. The van der Waals surface area contributed by atoms with Gasteiger partial charge in [-0.15, -0.1) is 0 Å². The summed E-state index contributed by atoms with van der Waals surface area (Å²) in [7, 11) is 0. The molecule has 3 aromatic carbocycles. The molecule has 0 atom stereocenters. The van der Waals surface area contributed by atoms with Gasteiger partial charge in [0, 0.05) is 5.69 Å². The number of nitrogen functional groups attached to an aromatic ring is 1. The van der Waals surface area contributed by atoms with E-state index in [9.17, 15) is 4.79 Å². The van der Waals surface area contributed by atoms with E-state index in [0.29, 0.717) is 5.13 Å². The van der Waals surface area contributed by atoms with Gasteiger partial charge in [0.2, 0.25) is 5.91 Å². The first-order chi connectivity index (χ1) is 13.7. The van der Waals surface area contributed by atoms with Gasteiger partial charge in [-0.25, -0.2) is 10.8 Å². The minimum atomic E-state index is -0.388. The number of hydrogen-bond donors (Lipinski definition) is 3. The van der Waals surface area contributed by atoms with E-state index < -0.39 is 0 Å². The fourth-order valence-electron chi connectivity index (χ4n) is 3.33. The number of aromatic nitrogens is 1. The van der Waals surface area contributed by atoms with Gasteiger partial charge in [-0.2, -0.15) is 0 Å². The second-order valence-corrected chi connectivity index (χ2v) is 7.58. The van der Waals surface area contributed by atoms with Crippen molar-refractivity contribution >= 4 is 38.3 Å². The number of amides is 1. The largest absolute Gasteiger partial charge is 0.325 e. The van der Waals surface area contributed by atoms with E-state index >= 15 is 0 Å². The lowest BCUT2D eigenvalue weighted by Gasteiger charge is -2.18. The van der Waals surface area contributed by atoms with Gasteiger partial charge in [0.15, 0.2) is 5.13 Å². The summed E-state index contributed by atoms with van der Waals surface area (Å²) in [5.41, 5.74) is 7.12. The standard InChI is InChI=1S/C22H20N4OS/c1-14-12-17(13-18-20(14)25-22(26-23)28-18)24-21(27)19(15-8-4-2-5-9-15)16-10-6-3-7-11-16/h2-13,19H,23H2,1H3,(H,24,27)(H,25,26). The predicted octanol–water partition coefficient (Wildman–Crippen LogP) is 4.66. The fourth-order valence-corrected chi connectivity index (χ4v) is 4.22. The van der Waals surface area contributed by atoms with Crippen LogP contribution >= 0.6 is 11.3 Å². The molecule has 0 saturated heterocycles. The second-order valence-electron chi connectivity index (χ2n) is 6.55. The summed E-state index contributed by atoms with van der Waals surface area (Å²) >= 11 is 1.46. The third kappa shape index (κ3) is 3.60. The first kappa shape index (κ1) is 18.2. The number of hydrogen-bond acceptors (Lipinski definition) is 5. The van der Waals surface area contributed by atoms with Crippen molar-refractivity contribution in [1.82, 2.24) is 4.98 Å². The third-order valence-corrected chi connectivity index (χ3v) is 5.54. The molecule has 0 spiro atoms. The molecule has 0 unspecified atom stereocenters. The number of carbonyl (C=O) groups excluding carboxylic acids is 1. The first-order valence-electron chi connectivity index (χ1n) is 8.94. The number of nitrogens with two attached hydrogens (primary N) is 1. The number of nitrogens with zero attached hydrogens (tertiary/aromatic N) is 1. The van der Waals surface area contributed by atoms with E-state index in [0.717, 1.165) is 32.6 Å². The summed E-state index contributed by atoms with van der Waals surface area (Å²) in [4.78, 5) is 17.7. The average molecular weight is 388 g/mol. The maximum Gasteiger partial charge on any atom is 0.236 e. The van der Waals surface area contributed by atoms with Gasteiger partial charge in [-0.1, -0.05) is 72.0 Å². The lowest BCUT2D eigenvalue weighted by Crippen LogP contribution is -2.22. The Morgan fingerprint density at radius 3 is 2.18 bits per heavy atom. The quantitative estimate of drug-likeness (QED) is 0.343. The molecule has 1 amide bonds. The van der Waals surface area contributed by atoms with Crippen molar-refractivity contribution in [2.75, 3.05) is 10.7 Å². The van der Waals surface area contributed by atoms with Gasteiger partial charge in [0.05, 0.1) is 16.1 Å². The number of nitrogens with one attached hydrogen (secondary N) is 2. The molecule has 4 rings (SSSR count). The summed E-state index contributed by atoms with van der Waals surface area (Å²) in [5, 5.41) is 3.73. The lowest BCUT2D eigenvalue weighted by atomic mass is 9.90. The molecule has 28 heavy (non-hydrogen) atoms. The zero-order valence-corrected chi connectivity index (χ0v) is 16.2. The van der Waals surface area contributed by atoms with Gasteiger partial charge >= 0.3 is 0 Å².